The van der Waals surface area contributed by atoms with Crippen molar-refractivity contribution in [3.8, 4) is 11.3 Å². The van der Waals surface area contributed by atoms with Crippen molar-refractivity contribution < 1.29 is 13.2 Å². The average molecular weight is 475 g/mol. The third-order valence-electron chi connectivity index (χ3n) is 6.02. The first-order valence-corrected chi connectivity index (χ1v) is 13.0. The number of piperidine rings is 1. The van der Waals surface area contributed by atoms with E-state index in [1.165, 1.54) is 12.6 Å². The Morgan fingerprint density at radius 3 is 2.76 bits per heavy atom. The maximum atomic E-state index is 13.1. The number of pyridine rings is 1. The molecule has 1 aliphatic rings. The largest absolute Gasteiger partial charge is 0.348 e. The van der Waals surface area contributed by atoms with Crippen molar-refractivity contribution in [1.29, 1.82) is 0 Å². The fourth-order valence-electron chi connectivity index (χ4n) is 4.26. The number of amides is 1. The number of carbonyl (C=O) groups is 1. The maximum absolute atomic E-state index is 13.1. The second-order valence-corrected chi connectivity index (χ2v) is 11.1. The Hall–Kier alpha value is -2.83. The molecule has 1 saturated heterocycles. The van der Waals surface area contributed by atoms with Gasteiger partial charge in [0.05, 0.1) is 11.4 Å². The first-order chi connectivity index (χ1) is 15.6. The van der Waals surface area contributed by atoms with E-state index >= 15 is 0 Å². The fraction of sp³-hybridized carbons (Fsp3) is 0.524. The Labute approximate surface area is 192 Å². The second kappa shape index (κ2) is 9.20. The van der Waals surface area contributed by atoms with Crippen LogP contribution in [0.4, 0.5) is 0 Å². The van der Waals surface area contributed by atoms with Gasteiger partial charge in [-0.1, -0.05) is 0 Å². The predicted octanol–water partition coefficient (Wildman–Crippen LogP) is 0.686. The molecule has 1 fully saturated rings. The van der Waals surface area contributed by atoms with Crippen LogP contribution in [0.1, 0.15) is 47.4 Å². The molecule has 0 saturated carbocycles. The van der Waals surface area contributed by atoms with Crippen molar-refractivity contribution >= 4 is 21.4 Å². The Morgan fingerprint density at radius 1 is 1.36 bits per heavy atom. The number of nitrogens with zero attached hydrogens (tertiary/aromatic N) is 5. The summed E-state index contributed by atoms with van der Waals surface area (Å²) >= 11 is 0. The molecule has 178 valence electrons. The number of hydrogen-bond donors (Lipinski definition) is 3. The number of fused-ring (bicyclic) bond motifs is 1. The average Bonchev–Trinajstić information content (AvgIpc) is 3.40. The first-order valence-electron chi connectivity index (χ1n) is 11.0. The topological polar surface area (TPSA) is 151 Å². The number of sulfone groups is 1. The minimum absolute atomic E-state index is 0.00778. The summed E-state index contributed by atoms with van der Waals surface area (Å²) < 4.78 is 24.5. The molecule has 0 spiro atoms. The summed E-state index contributed by atoms with van der Waals surface area (Å²) in [6.45, 7) is 5.78. The molecule has 0 bridgehead atoms. The molecule has 4 N–H and O–H groups in total. The van der Waals surface area contributed by atoms with Crippen molar-refractivity contribution in [1.82, 2.24) is 35.0 Å². The number of nitrogens with one attached hydrogen (secondary N) is 2. The molecule has 1 amide bonds. The summed E-state index contributed by atoms with van der Waals surface area (Å²) in [6.07, 6.45) is 6.08. The molecule has 1 atom stereocenters. The van der Waals surface area contributed by atoms with Crippen LogP contribution in [0.3, 0.4) is 0 Å². The summed E-state index contributed by atoms with van der Waals surface area (Å²) in [5.41, 5.74) is 10.4. The Balaban J connectivity index is 1.48. The summed E-state index contributed by atoms with van der Waals surface area (Å²) in [5, 5.41) is 14.6. The summed E-state index contributed by atoms with van der Waals surface area (Å²) in [7, 11) is -2.98. The standard InChI is InChI=1S/C21H30N8O3S/c1-13-10-15(11-29-20(13)23-12-24-29)18-17(14(2)22)19(27-26-18)21(30)25-16-4-6-28(7-5-16)8-9-33(3,31)32/h10-12,14,16H,4-9,22H2,1-3H3,(H,25,30)(H,26,27). The van der Waals surface area contributed by atoms with Gasteiger partial charge in [-0.2, -0.15) is 10.2 Å². The first kappa shape index (κ1) is 23.3. The molecule has 0 aromatic carbocycles. The molecular weight excluding hydrogens is 444 g/mol. The number of likely N-dealkylation sites (tertiary alicyclic amines) is 1. The van der Waals surface area contributed by atoms with E-state index in [1.54, 1.807) is 4.52 Å². The highest BCUT2D eigenvalue weighted by molar-refractivity contribution is 7.90. The van der Waals surface area contributed by atoms with Crippen molar-refractivity contribution in [2.24, 2.45) is 5.73 Å². The van der Waals surface area contributed by atoms with Crippen LogP contribution in [-0.2, 0) is 9.84 Å². The van der Waals surface area contributed by atoms with Gasteiger partial charge < -0.3 is 16.0 Å². The number of aromatic nitrogens is 5. The van der Waals surface area contributed by atoms with Gasteiger partial charge in [0.1, 0.15) is 21.9 Å². The molecule has 11 nitrogen and oxygen atoms in total. The van der Waals surface area contributed by atoms with E-state index in [4.69, 9.17) is 5.73 Å². The van der Waals surface area contributed by atoms with E-state index in [1.807, 2.05) is 26.1 Å². The highest BCUT2D eigenvalue weighted by atomic mass is 32.2. The predicted molar refractivity (Wildman–Crippen MR) is 125 cm³/mol. The van der Waals surface area contributed by atoms with Crippen LogP contribution in [0, 0.1) is 6.92 Å². The molecule has 4 heterocycles. The van der Waals surface area contributed by atoms with E-state index < -0.39 is 15.9 Å². The highest BCUT2D eigenvalue weighted by Crippen LogP contribution is 2.29. The van der Waals surface area contributed by atoms with Crippen LogP contribution in [0.15, 0.2) is 18.6 Å². The van der Waals surface area contributed by atoms with Gasteiger partial charge in [-0.15, -0.1) is 0 Å². The van der Waals surface area contributed by atoms with Gasteiger partial charge in [-0.05, 0) is 38.3 Å². The number of rotatable bonds is 7. The molecule has 4 rings (SSSR count). The van der Waals surface area contributed by atoms with E-state index in [0.717, 1.165) is 42.7 Å². The van der Waals surface area contributed by atoms with Gasteiger partial charge in [-0.3, -0.25) is 9.89 Å². The summed E-state index contributed by atoms with van der Waals surface area (Å²) in [4.78, 5) is 19.5. The lowest BCUT2D eigenvalue weighted by atomic mass is 10.00. The number of aromatic amines is 1. The van der Waals surface area contributed by atoms with Crippen molar-refractivity contribution in [2.75, 3.05) is 31.6 Å². The van der Waals surface area contributed by atoms with Crippen molar-refractivity contribution in [3.05, 3.63) is 35.4 Å². The Bertz CT molecular complexity index is 1260. The van der Waals surface area contributed by atoms with E-state index in [-0.39, 0.29) is 17.7 Å². The minimum Gasteiger partial charge on any atom is -0.348 e. The molecule has 3 aromatic rings. The zero-order valence-electron chi connectivity index (χ0n) is 19.1. The van der Waals surface area contributed by atoms with Gasteiger partial charge in [0.15, 0.2) is 5.65 Å². The smallest absolute Gasteiger partial charge is 0.269 e. The Kier molecular flexibility index (Phi) is 6.50. The molecule has 12 heteroatoms. The van der Waals surface area contributed by atoms with E-state index in [0.29, 0.717) is 23.5 Å². The third kappa shape index (κ3) is 5.23. The SMILES string of the molecule is Cc1cc(-c2n[nH]c(C(=O)NC3CCN(CCS(C)(=O)=O)CC3)c2C(C)N)cn2ncnc12. The van der Waals surface area contributed by atoms with Gasteiger partial charge in [0.2, 0.25) is 0 Å². The molecule has 33 heavy (non-hydrogen) atoms. The molecule has 0 radical (unpaired) electrons. The van der Waals surface area contributed by atoms with Crippen LogP contribution in [0.5, 0.6) is 0 Å². The molecular formula is C21H30N8O3S. The van der Waals surface area contributed by atoms with Gasteiger partial charge in [0.25, 0.3) is 5.91 Å². The fourth-order valence-corrected chi connectivity index (χ4v) is 4.85. The van der Waals surface area contributed by atoms with Crippen LogP contribution >= 0.6 is 0 Å². The number of aryl methyl sites for hydroxylation is 1. The van der Waals surface area contributed by atoms with Crippen LogP contribution in [0.2, 0.25) is 0 Å². The summed E-state index contributed by atoms with van der Waals surface area (Å²) in [5.74, 6) is -0.0901. The molecule has 1 aliphatic heterocycles. The highest BCUT2D eigenvalue weighted by Gasteiger charge is 2.27. The second-order valence-electron chi connectivity index (χ2n) is 8.81. The lowest BCUT2D eigenvalue weighted by Crippen LogP contribution is -2.45. The van der Waals surface area contributed by atoms with E-state index in [9.17, 15) is 13.2 Å². The minimum atomic E-state index is -2.98. The number of nitrogens with two attached hydrogens (primary N) is 1. The quantitative estimate of drug-likeness (QED) is 0.452. The lowest BCUT2D eigenvalue weighted by molar-refractivity contribution is 0.0906. The Morgan fingerprint density at radius 2 is 2.09 bits per heavy atom. The zero-order valence-corrected chi connectivity index (χ0v) is 19.9. The van der Waals surface area contributed by atoms with Gasteiger partial charge in [0, 0.05) is 55.3 Å². The van der Waals surface area contributed by atoms with Crippen LogP contribution in [0.25, 0.3) is 16.9 Å². The number of carbonyl (C=O) groups excluding carboxylic acids is 1. The zero-order chi connectivity index (χ0) is 23.8. The number of hydrogen-bond acceptors (Lipinski definition) is 8. The summed E-state index contributed by atoms with van der Waals surface area (Å²) in [6, 6.07) is 1.55. The van der Waals surface area contributed by atoms with Crippen molar-refractivity contribution in [2.45, 2.75) is 38.8 Å². The third-order valence-corrected chi connectivity index (χ3v) is 6.94. The molecule has 1 unspecified atom stereocenters. The normalized spacial score (nSPS) is 16.8. The van der Waals surface area contributed by atoms with Gasteiger partial charge in [-0.25, -0.2) is 17.9 Å². The van der Waals surface area contributed by atoms with Gasteiger partial charge >= 0.3 is 0 Å². The van der Waals surface area contributed by atoms with E-state index in [2.05, 4.69) is 30.5 Å². The molecule has 0 aliphatic carbocycles. The maximum Gasteiger partial charge on any atom is 0.269 e. The van der Waals surface area contributed by atoms with Crippen LogP contribution in [-0.4, -0.2) is 81.7 Å². The number of H-pyrrole nitrogens is 1. The molecule has 3 aromatic heterocycles. The monoisotopic (exact) mass is 474 g/mol. The van der Waals surface area contributed by atoms with Crippen molar-refractivity contribution in [3.63, 3.8) is 0 Å². The van der Waals surface area contributed by atoms with Crippen LogP contribution < -0.4 is 11.1 Å². The lowest BCUT2D eigenvalue weighted by Gasteiger charge is -2.32.